The van der Waals surface area contributed by atoms with Gasteiger partial charge in [-0.2, -0.15) is 0 Å². The average Bonchev–Trinajstić information content (AvgIpc) is 2.03. The van der Waals surface area contributed by atoms with Crippen molar-refractivity contribution in [2.24, 2.45) is 5.92 Å². The highest BCUT2D eigenvalue weighted by molar-refractivity contribution is 5.85. The highest BCUT2D eigenvalue weighted by atomic mass is 35.5. The number of Topliss-reactive ketones (excluding diaryl/α,β-unsaturated/α-hetero) is 1. The van der Waals surface area contributed by atoms with Gasteiger partial charge in [0.15, 0.2) is 0 Å². The van der Waals surface area contributed by atoms with Crippen LogP contribution in [0.25, 0.3) is 0 Å². The monoisotopic (exact) mass is 191 g/mol. The van der Waals surface area contributed by atoms with Crippen molar-refractivity contribution in [1.82, 2.24) is 5.32 Å². The van der Waals surface area contributed by atoms with E-state index in [1.165, 1.54) is 12.8 Å². The third-order valence-corrected chi connectivity index (χ3v) is 2.36. The third-order valence-electron chi connectivity index (χ3n) is 2.36. The number of ketones is 1. The second kappa shape index (κ2) is 6.44. The molecule has 1 fully saturated rings. The van der Waals surface area contributed by atoms with Gasteiger partial charge in [0.2, 0.25) is 0 Å². The summed E-state index contributed by atoms with van der Waals surface area (Å²) >= 11 is 0. The van der Waals surface area contributed by atoms with Crippen LogP contribution in [0.3, 0.4) is 0 Å². The predicted molar refractivity (Wildman–Crippen MR) is 52.8 cm³/mol. The molecule has 0 aromatic rings. The summed E-state index contributed by atoms with van der Waals surface area (Å²) in [4.78, 5) is 10.7. The minimum Gasteiger partial charge on any atom is -0.317 e. The zero-order valence-corrected chi connectivity index (χ0v) is 8.45. The van der Waals surface area contributed by atoms with E-state index in [0.717, 1.165) is 31.8 Å². The van der Waals surface area contributed by atoms with Crippen LogP contribution in [0, 0.1) is 5.92 Å². The Bertz CT molecular complexity index is 132. The Morgan fingerprint density at radius 1 is 1.42 bits per heavy atom. The van der Waals surface area contributed by atoms with Gasteiger partial charge in [0.1, 0.15) is 5.78 Å². The van der Waals surface area contributed by atoms with Crippen LogP contribution >= 0.6 is 12.4 Å². The lowest BCUT2D eigenvalue weighted by atomic mass is 9.92. The smallest absolute Gasteiger partial charge is 0.129 e. The number of piperidine rings is 1. The van der Waals surface area contributed by atoms with Crippen LogP contribution in [0.2, 0.25) is 0 Å². The summed E-state index contributed by atoms with van der Waals surface area (Å²) in [5.41, 5.74) is 0. The van der Waals surface area contributed by atoms with Crippen LogP contribution in [0.15, 0.2) is 0 Å². The molecule has 1 saturated heterocycles. The zero-order valence-electron chi connectivity index (χ0n) is 7.64. The first-order valence-corrected chi connectivity index (χ1v) is 4.49. The van der Waals surface area contributed by atoms with Crippen LogP contribution in [-0.4, -0.2) is 18.9 Å². The molecule has 0 atom stereocenters. The van der Waals surface area contributed by atoms with Gasteiger partial charge in [0.05, 0.1) is 0 Å². The summed E-state index contributed by atoms with van der Waals surface area (Å²) in [6, 6.07) is 0. The summed E-state index contributed by atoms with van der Waals surface area (Å²) in [6.07, 6.45) is 4.40. The molecule has 0 aliphatic carbocycles. The van der Waals surface area contributed by atoms with E-state index in [0.29, 0.717) is 5.78 Å². The SMILES string of the molecule is CC(=O)CCC1CCNCC1.Cl. The molecule has 0 amide bonds. The van der Waals surface area contributed by atoms with Crippen LogP contribution in [0.4, 0.5) is 0 Å². The molecule has 1 aliphatic rings. The quantitative estimate of drug-likeness (QED) is 0.737. The Labute approximate surface area is 80.5 Å². The number of halogens is 1. The molecule has 1 heterocycles. The standard InChI is InChI=1S/C9H17NO.ClH/c1-8(11)2-3-9-4-6-10-7-5-9;/h9-10H,2-7H2,1H3;1H. The molecule has 0 saturated carbocycles. The first-order valence-electron chi connectivity index (χ1n) is 4.49. The summed E-state index contributed by atoms with van der Waals surface area (Å²) in [6.45, 7) is 3.96. The molecule has 1 N–H and O–H groups in total. The van der Waals surface area contributed by atoms with E-state index in [-0.39, 0.29) is 12.4 Å². The van der Waals surface area contributed by atoms with Gasteiger partial charge >= 0.3 is 0 Å². The Balaban J connectivity index is 0.00000121. The molecule has 0 unspecified atom stereocenters. The van der Waals surface area contributed by atoms with E-state index in [9.17, 15) is 4.79 Å². The lowest BCUT2D eigenvalue weighted by Gasteiger charge is -2.21. The van der Waals surface area contributed by atoms with Crippen molar-refractivity contribution in [2.45, 2.75) is 32.6 Å². The Morgan fingerprint density at radius 3 is 2.50 bits per heavy atom. The number of carbonyl (C=O) groups is 1. The van der Waals surface area contributed by atoms with E-state index in [1.807, 2.05) is 0 Å². The molecule has 0 bridgehead atoms. The van der Waals surface area contributed by atoms with Gasteiger partial charge in [-0.1, -0.05) is 0 Å². The fourth-order valence-electron chi connectivity index (χ4n) is 1.58. The van der Waals surface area contributed by atoms with E-state index >= 15 is 0 Å². The zero-order chi connectivity index (χ0) is 8.10. The highest BCUT2D eigenvalue weighted by Crippen LogP contribution is 2.17. The molecule has 12 heavy (non-hydrogen) atoms. The average molecular weight is 192 g/mol. The molecule has 72 valence electrons. The van der Waals surface area contributed by atoms with Gasteiger partial charge < -0.3 is 10.1 Å². The minimum absolute atomic E-state index is 0. The molecule has 3 heteroatoms. The van der Waals surface area contributed by atoms with Crippen LogP contribution in [0.1, 0.15) is 32.6 Å². The van der Waals surface area contributed by atoms with E-state index in [1.54, 1.807) is 6.92 Å². The van der Waals surface area contributed by atoms with Crippen LogP contribution in [-0.2, 0) is 4.79 Å². The van der Waals surface area contributed by atoms with E-state index in [2.05, 4.69) is 5.32 Å². The van der Waals surface area contributed by atoms with Crippen molar-refractivity contribution in [2.75, 3.05) is 13.1 Å². The number of rotatable bonds is 3. The predicted octanol–water partition coefficient (Wildman–Crippen LogP) is 1.78. The summed E-state index contributed by atoms with van der Waals surface area (Å²) in [5, 5.41) is 3.32. The molecule has 0 aromatic carbocycles. The fraction of sp³-hybridized carbons (Fsp3) is 0.889. The summed E-state index contributed by atoms with van der Waals surface area (Å²) in [7, 11) is 0. The van der Waals surface area contributed by atoms with Crippen LogP contribution < -0.4 is 5.32 Å². The van der Waals surface area contributed by atoms with Crippen molar-refractivity contribution in [3.8, 4) is 0 Å². The van der Waals surface area contributed by atoms with E-state index < -0.39 is 0 Å². The highest BCUT2D eigenvalue weighted by Gasteiger charge is 2.12. The first kappa shape index (κ1) is 11.9. The van der Waals surface area contributed by atoms with Gasteiger partial charge in [0, 0.05) is 6.42 Å². The van der Waals surface area contributed by atoms with Crippen molar-refractivity contribution >= 4 is 18.2 Å². The summed E-state index contributed by atoms with van der Waals surface area (Å²) < 4.78 is 0. The molecule has 0 aromatic heterocycles. The van der Waals surface area contributed by atoms with Gasteiger partial charge in [0.25, 0.3) is 0 Å². The molecule has 2 nitrogen and oxygen atoms in total. The van der Waals surface area contributed by atoms with Gasteiger partial charge in [-0.25, -0.2) is 0 Å². The van der Waals surface area contributed by atoms with E-state index in [4.69, 9.17) is 0 Å². The maximum Gasteiger partial charge on any atom is 0.129 e. The Hall–Kier alpha value is -0.0800. The lowest BCUT2D eigenvalue weighted by molar-refractivity contribution is -0.117. The van der Waals surface area contributed by atoms with Gasteiger partial charge in [-0.05, 0) is 45.2 Å². The number of carbonyl (C=O) groups excluding carboxylic acids is 1. The van der Waals surface area contributed by atoms with Crippen molar-refractivity contribution in [3.63, 3.8) is 0 Å². The molecule has 1 aliphatic heterocycles. The largest absolute Gasteiger partial charge is 0.317 e. The molecular weight excluding hydrogens is 174 g/mol. The normalized spacial score (nSPS) is 18.4. The Morgan fingerprint density at radius 2 is 2.00 bits per heavy atom. The second-order valence-corrected chi connectivity index (χ2v) is 3.43. The maximum absolute atomic E-state index is 10.7. The first-order chi connectivity index (χ1) is 5.29. The van der Waals surface area contributed by atoms with Gasteiger partial charge in [-0.3, -0.25) is 0 Å². The number of hydrogen-bond donors (Lipinski definition) is 1. The molecule has 1 rings (SSSR count). The second-order valence-electron chi connectivity index (χ2n) is 3.43. The van der Waals surface area contributed by atoms with Gasteiger partial charge in [-0.15, -0.1) is 12.4 Å². The van der Waals surface area contributed by atoms with Crippen molar-refractivity contribution < 1.29 is 4.79 Å². The molecule has 0 radical (unpaired) electrons. The Kier molecular flexibility index (Phi) is 6.39. The summed E-state index contributed by atoms with van der Waals surface area (Å²) in [5.74, 6) is 1.14. The number of nitrogens with one attached hydrogen (secondary N) is 1. The maximum atomic E-state index is 10.7. The topological polar surface area (TPSA) is 29.1 Å². The minimum atomic E-state index is 0. The fourth-order valence-corrected chi connectivity index (χ4v) is 1.58. The molecule has 0 spiro atoms. The van der Waals surface area contributed by atoms with Crippen molar-refractivity contribution in [1.29, 1.82) is 0 Å². The van der Waals surface area contributed by atoms with Crippen LogP contribution in [0.5, 0.6) is 0 Å². The van der Waals surface area contributed by atoms with Crippen molar-refractivity contribution in [3.05, 3.63) is 0 Å². The third kappa shape index (κ3) is 4.73. The number of hydrogen-bond acceptors (Lipinski definition) is 2. The lowest BCUT2D eigenvalue weighted by Crippen LogP contribution is -2.27. The molecular formula is C9H18ClNO.